The molecule has 2 rings (SSSR count). The first-order valence-electron chi connectivity index (χ1n) is 6.28. The Balaban J connectivity index is 2.16. The first-order chi connectivity index (χ1) is 8.81. The summed E-state index contributed by atoms with van der Waals surface area (Å²) < 4.78 is 6.63. The molecule has 3 heteroatoms. The van der Waals surface area contributed by atoms with E-state index in [1.54, 1.807) is 6.26 Å². The summed E-state index contributed by atoms with van der Waals surface area (Å²) in [6.07, 6.45) is 2.66. The van der Waals surface area contributed by atoms with Crippen molar-refractivity contribution in [3.8, 4) is 0 Å². The van der Waals surface area contributed by atoms with E-state index in [1.165, 1.54) is 10.0 Å². The van der Waals surface area contributed by atoms with Gasteiger partial charge >= 0.3 is 0 Å². The predicted molar refractivity (Wildman–Crippen MR) is 77.8 cm³/mol. The fraction of sp³-hybridized carbons (Fsp3) is 0.333. The molecule has 0 saturated carbocycles. The van der Waals surface area contributed by atoms with Crippen LogP contribution in [-0.4, -0.2) is 13.1 Å². The van der Waals surface area contributed by atoms with Gasteiger partial charge in [-0.15, -0.1) is 0 Å². The van der Waals surface area contributed by atoms with Crippen molar-refractivity contribution in [3.05, 3.63) is 58.5 Å². The highest BCUT2D eigenvalue weighted by molar-refractivity contribution is 9.10. The van der Waals surface area contributed by atoms with Gasteiger partial charge in [-0.3, -0.25) is 0 Å². The summed E-state index contributed by atoms with van der Waals surface area (Å²) in [6.45, 7) is 4.07. The number of benzene rings is 1. The van der Waals surface area contributed by atoms with E-state index in [1.807, 2.05) is 18.2 Å². The lowest BCUT2D eigenvalue weighted by molar-refractivity contribution is 0.474. The smallest absolute Gasteiger partial charge is 0.104 e. The van der Waals surface area contributed by atoms with Gasteiger partial charge in [0.2, 0.25) is 0 Å². The van der Waals surface area contributed by atoms with Gasteiger partial charge in [0.1, 0.15) is 5.76 Å². The van der Waals surface area contributed by atoms with Gasteiger partial charge in [-0.2, -0.15) is 0 Å². The third kappa shape index (κ3) is 3.47. The minimum absolute atomic E-state index is 0.423. The quantitative estimate of drug-likeness (QED) is 0.873. The second-order valence-electron chi connectivity index (χ2n) is 4.31. The minimum Gasteiger partial charge on any atom is -0.469 e. The lowest BCUT2D eigenvalue weighted by Crippen LogP contribution is -2.22. The van der Waals surface area contributed by atoms with Gasteiger partial charge in [0, 0.05) is 23.4 Å². The molecule has 0 aliphatic carbocycles. The first kappa shape index (κ1) is 13.4. The van der Waals surface area contributed by atoms with Crippen molar-refractivity contribution in [2.24, 2.45) is 0 Å². The lowest BCUT2D eigenvalue weighted by Gasteiger charge is -2.18. The Morgan fingerprint density at radius 1 is 1.22 bits per heavy atom. The molecule has 0 saturated heterocycles. The molecule has 96 valence electrons. The summed E-state index contributed by atoms with van der Waals surface area (Å²) >= 11 is 3.63. The highest BCUT2D eigenvalue weighted by Gasteiger charge is 2.15. The maximum atomic E-state index is 5.46. The van der Waals surface area contributed by atoms with E-state index in [-0.39, 0.29) is 0 Å². The van der Waals surface area contributed by atoms with Gasteiger partial charge in [0.15, 0.2) is 0 Å². The van der Waals surface area contributed by atoms with Crippen molar-refractivity contribution in [3.63, 3.8) is 0 Å². The highest BCUT2D eigenvalue weighted by Crippen LogP contribution is 2.27. The van der Waals surface area contributed by atoms with Crippen LogP contribution in [0.4, 0.5) is 0 Å². The zero-order valence-corrected chi connectivity index (χ0v) is 12.1. The van der Waals surface area contributed by atoms with Gasteiger partial charge in [-0.25, -0.2) is 0 Å². The molecule has 1 unspecified atom stereocenters. The first-order valence-corrected chi connectivity index (χ1v) is 7.08. The molecule has 1 aromatic heterocycles. The van der Waals surface area contributed by atoms with Crippen molar-refractivity contribution in [2.75, 3.05) is 13.1 Å². The topological polar surface area (TPSA) is 25.2 Å². The molecule has 0 aliphatic rings. The summed E-state index contributed by atoms with van der Waals surface area (Å²) in [4.78, 5) is 0. The molecule has 0 bridgehead atoms. The molecule has 0 spiro atoms. The van der Waals surface area contributed by atoms with Crippen LogP contribution in [0.1, 0.15) is 24.2 Å². The van der Waals surface area contributed by atoms with Crippen molar-refractivity contribution < 1.29 is 4.42 Å². The summed E-state index contributed by atoms with van der Waals surface area (Å²) in [7, 11) is 0. The second-order valence-corrected chi connectivity index (χ2v) is 5.16. The molecule has 18 heavy (non-hydrogen) atoms. The van der Waals surface area contributed by atoms with E-state index in [2.05, 4.69) is 46.4 Å². The fourth-order valence-corrected chi connectivity index (χ4v) is 2.70. The number of furan rings is 1. The zero-order valence-electron chi connectivity index (χ0n) is 10.5. The third-order valence-corrected chi connectivity index (χ3v) is 3.74. The van der Waals surface area contributed by atoms with Crippen molar-refractivity contribution >= 4 is 15.9 Å². The molecule has 1 N–H and O–H groups in total. The van der Waals surface area contributed by atoms with Crippen molar-refractivity contribution in [2.45, 2.75) is 19.3 Å². The summed E-state index contributed by atoms with van der Waals surface area (Å²) in [5.74, 6) is 1.46. The van der Waals surface area contributed by atoms with E-state index in [4.69, 9.17) is 4.42 Å². The van der Waals surface area contributed by atoms with E-state index in [9.17, 15) is 0 Å². The van der Waals surface area contributed by atoms with Crippen LogP contribution < -0.4 is 5.32 Å². The van der Waals surface area contributed by atoms with E-state index in [0.29, 0.717) is 5.92 Å². The number of hydrogen-bond acceptors (Lipinski definition) is 2. The molecule has 1 aromatic carbocycles. The van der Waals surface area contributed by atoms with Gasteiger partial charge in [-0.05, 0) is 30.3 Å². The molecule has 1 atom stereocenters. The maximum absolute atomic E-state index is 5.46. The van der Waals surface area contributed by atoms with Crippen LogP contribution in [0.15, 0.2) is 51.6 Å². The van der Waals surface area contributed by atoms with E-state index in [0.717, 1.165) is 25.3 Å². The zero-order chi connectivity index (χ0) is 12.8. The number of halogens is 1. The normalized spacial score (nSPS) is 12.6. The standard InChI is InChI=1S/C15H18BrNO/c1-2-17-11-12(10-13-6-5-9-18-13)14-7-3-4-8-15(14)16/h3-9,12,17H,2,10-11H2,1H3. The maximum Gasteiger partial charge on any atom is 0.104 e. The fourth-order valence-electron chi connectivity index (χ4n) is 2.09. The summed E-state index contributed by atoms with van der Waals surface area (Å²) in [6, 6.07) is 12.4. The summed E-state index contributed by atoms with van der Waals surface area (Å²) in [5, 5.41) is 3.42. The van der Waals surface area contributed by atoms with Gasteiger partial charge in [0.25, 0.3) is 0 Å². The molecule has 1 heterocycles. The van der Waals surface area contributed by atoms with Gasteiger partial charge in [0.05, 0.1) is 6.26 Å². The van der Waals surface area contributed by atoms with Gasteiger partial charge < -0.3 is 9.73 Å². The average molecular weight is 308 g/mol. The largest absolute Gasteiger partial charge is 0.469 e. The SMILES string of the molecule is CCNCC(Cc1ccco1)c1ccccc1Br. The van der Waals surface area contributed by atoms with Crippen molar-refractivity contribution in [1.82, 2.24) is 5.32 Å². The number of nitrogens with one attached hydrogen (secondary N) is 1. The van der Waals surface area contributed by atoms with Crippen LogP contribution in [0.3, 0.4) is 0 Å². The molecule has 0 radical (unpaired) electrons. The average Bonchev–Trinajstić information content (AvgIpc) is 2.88. The van der Waals surface area contributed by atoms with Crippen molar-refractivity contribution in [1.29, 1.82) is 0 Å². The number of hydrogen-bond donors (Lipinski definition) is 1. The molecule has 0 amide bonds. The van der Waals surface area contributed by atoms with E-state index < -0.39 is 0 Å². The molecular weight excluding hydrogens is 290 g/mol. The molecular formula is C15H18BrNO. The Morgan fingerprint density at radius 2 is 2.06 bits per heavy atom. The molecule has 2 aromatic rings. The highest BCUT2D eigenvalue weighted by atomic mass is 79.9. The lowest BCUT2D eigenvalue weighted by atomic mass is 9.94. The van der Waals surface area contributed by atoms with Crippen LogP contribution in [0, 0.1) is 0 Å². The van der Waals surface area contributed by atoms with Crippen LogP contribution >= 0.6 is 15.9 Å². The molecule has 0 fully saturated rings. The Kier molecular flexibility index (Phi) is 5.02. The Morgan fingerprint density at radius 3 is 2.72 bits per heavy atom. The summed E-state index contributed by atoms with van der Waals surface area (Å²) in [5.41, 5.74) is 1.33. The molecule has 2 nitrogen and oxygen atoms in total. The number of likely N-dealkylation sites (N-methyl/N-ethyl adjacent to an activating group) is 1. The van der Waals surface area contributed by atoms with Crippen LogP contribution in [0.25, 0.3) is 0 Å². The second kappa shape index (κ2) is 6.76. The Bertz CT molecular complexity index is 467. The Labute approximate surface area is 117 Å². The molecule has 0 aliphatic heterocycles. The Hall–Kier alpha value is -1.06. The van der Waals surface area contributed by atoms with Gasteiger partial charge in [-0.1, -0.05) is 41.1 Å². The van der Waals surface area contributed by atoms with E-state index >= 15 is 0 Å². The predicted octanol–water partition coefficient (Wildman–Crippen LogP) is 3.98. The number of rotatable bonds is 6. The minimum atomic E-state index is 0.423. The van der Waals surface area contributed by atoms with Crippen LogP contribution in [0.5, 0.6) is 0 Å². The van der Waals surface area contributed by atoms with Crippen LogP contribution in [-0.2, 0) is 6.42 Å². The monoisotopic (exact) mass is 307 g/mol. The van der Waals surface area contributed by atoms with Crippen LogP contribution in [0.2, 0.25) is 0 Å². The third-order valence-electron chi connectivity index (χ3n) is 3.01.